The van der Waals surface area contributed by atoms with Crippen LogP contribution in [0.25, 0.3) is 0 Å². The van der Waals surface area contributed by atoms with E-state index < -0.39 is 5.54 Å². The summed E-state index contributed by atoms with van der Waals surface area (Å²) in [7, 11) is 0. The minimum atomic E-state index is -0.492. The Morgan fingerprint density at radius 1 is 1.41 bits per heavy atom. The van der Waals surface area contributed by atoms with Crippen molar-refractivity contribution in [3.63, 3.8) is 0 Å². The normalized spacial score (nSPS) is 17.0. The number of fused-ring (bicyclic) bond motifs is 1. The molecule has 0 aromatic carbocycles. The van der Waals surface area contributed by atoms with Crippen LogP contribution >= 0.6 is 0 Å². The van der Waals surface area contributed by atoms with Crippen molar-refractivity contribution < 1.29 is 4.79 Å². The van der Waals surface area contributed by atoms with Gasteiger partial charge in [-0.1, -0.05) is 13.8 Å². The SMILES string of the molecule is CC(C)CC(C)(CN)NC(=O)c1cc2c([nH]c1=O)CCCC2. The lowest BCUT2D eigenvalue weighted by Gasteiger charge is -2.31. The van der Waals surface area contributed by atoms with E-state index in [4.69, 9.17) is 5.73 Å². The van der Waals surface area contributed by atoms with Gasteiger partial charge in [-0.05, 0) is 56.6 Å². The van der Waals surface area contributed by atoms with Crippen molar-refractivity contribution in [1.29, 1.82) is 0 Å². The molecule has 1 amide bonds. The average Bonchev–Trinajstić information content (AvgIpc) is 2.45. The summed E-state index contributed by atoms with van der Waals surface area (Å²) in [6, 6.07) is 1.76. The van der Waals surface area contributed by atoms with Gasteiger partial charge in [-0.25, -0.2) is 0 Å². The molecule has 5 heteroatoms. The number of carbonyl (C=O) groups is 1. The molecular formula is C17H27N3O2. The van der Waals surface area contributed by atoms with E-state index in [1.807, 2.05) is 6.92 Å². The van der Waals surface area contributed by atoms with Gasteiger partial charge in [0.05, 0.1) is 0 Å². The lowest BCUT2D eigenvalue weighted by molar-refractivity contribution is 0.0896. The molecule has 0 radical (unpaired) electrons. The molecule has 1 aliphatic rings. The van der Waals surface area contributed by atoms with Gasteiger partial charge in [0.2, 0.25) is 0 Å². The van der Waals surface area contributed by atoms with Crippen LogP contribution in [-0.2, 0) is 12.8 Å². The van der Waals surface area contributed by atoms with Crippen LogP contribution in [0.4, 0.5) is 0 Å². The standard InChI is InChI=1S/C17H27N3O2/c1-11(2)9-17(3,10-18)20-16(22)13-8-12-6-4-5-7-14(12)19-15(13)21/h8,11H,4-7,9-10,18H2,1-3H3,(H,19,21)(H,20,22). The zero-order valence-corrected chi connectivity index (χ0v) is 13.8. The third-order valence-electron chi connectivity index (χ3n) is 4.31. The van der Waals surface area contributed by atoms with Gasteiger partial charge >= 0.3 is 0 Å². The smallest absolute Gasteiger partial charge is 0.261 e. The fraction of sp³-hybridized carbons (Fsp3) is 0.647. The highest BCUT2D eigenvalue weighted by Crippen LogP contribution is 2.19. The molecule has 122 valence electrons. The average molecular weight is 305 g/mol. The van der Waals surface area contributed by atoms with Crippen molar-refractivity contribution >= 4 is 5.91 Å². The summed E-state index contributed by atoms with van der Waals surface area (Å²) in [4.78, 5) is 27.6. The van der Waals surface area contributed by atoms with Gasteiger partial charge in [-0.15, -0.1) is 0 Å². The summed E-state index contributed by atoms with van der Waals surface area (Å²) in [6.07, 6.45) is 4.78. The molecule has 0 saturated carbocycles. The zero-order chi connectivity index (χ0) is 16.3. The molecular weight excluding hydrogens is 278 g/mol. The van der Waals surface area contributed by atoms with E-state index in [2.05, 4.69) is 24.1 Å². The molecule has 1 unspecified atom stereocenters. The number of hydrogen-bond donors (Lipinski definition) is 3. The zero-order valence-electron chi connectivity index (χ0n) is 13.8. The van der Waals surface area contributed by atoms with Crippen LogP contribution in [0, 0.1) is 5.92 Å². The fourth-order valence-corrected chi connectivity index (χ4v) is 3.27. The Hall–Kier alpha value is -1.62. The number of nitrogens with two attached hydrogens (primary N) is 1. The Labute approximate surface area is 131 Å². The van der Waals surface area contributed by atoms with Crippen molar-refractivity contribution in [3.8, 4) is 0 Å². The van der Waals surface area contributed by atoms with Gasteiger partial charge in [-0.3, -0.25) is 9.59 Å². The predicted octanol–water partition coefficient (Wildman–Crippen LogP) is 1.75. The molecule has 5 nitrogen and oxygen atoms in total. The Morgan fingerprint density at radius 2 is 2.09 bits per heavy atom. The Kier molecular flexibility index (Phi) is 5.06. The highest BCUT2D eigenvalue weighted by atomic mass is 16.2. The molecule has 1 atom stereocenters. The molecule has 0 aliphatic heterocycles. The number of pyridine rings is 1. The molecule has 2 rings (SSSR count). The third kappa shape index (κ3) is 3.77. The predicted molar refractivity (Wildman–Crippen MR) is 88.1 cm³/mol. The molecule has 1 aromatic rings. The molecule has 1 heterocycles. The molecule has 0 saturated heterocycles. The van der Waals surface area contributed by atoms with E-state index in [9.17, 15) is 9.59 Å². The number of nitrogens with one attached hydrogen (secondary N) is 2. The second-order valence-corrected chi connectivity index (χ2v) is 7.04. The summed E-state index contributed by atoms with van der Waals surface area (Å²) in [5.74, 6) is 0.0823. The highest BCUT2D eigenvalue weighted by Gasteiger charge is 2.28. The quantitative estimate of drug-likeness (QED) is 0.774. The molecule has 0 fully saturated rings. The Balaban J connectivity index is 2.24. The number of amides is 1. The van der Waals surface area contributed by atoms with Gasteiger partial charge in [-0.2, -0.15) is 0 Å². The first-order valence-corrected chi connectivity index (χ1v) is 8.12. The van der Waals surface area contributed by atoms with Crippen molar-refractivity contribution in [3.05, 3.63) is 33.2 Å². The van der Waals surface area contributed by atoms with Gasteiger partial charge in [0, 0.05) is 17.8 Å². The molecule has 1 aliphatic carbocycles. The number of carbonyl (C=O) groups excluding carboxylic acids is 1. The minimum Gasteiger partial charge on any atom is -0.345 e. The minimum absolute atomic E-state index is 0.198. The van der Waals surface area contributed by atoms with E-state index >= 15 is 0 Å². The summed E-state index contributed by atoms with van der Waals surface area (Å²) >= 11 is 0. The van der Waals surface area contributed by atoms with Gasteiger partial charge in [0.15, 0.2) is 0 Å². The second-order valence-electron chi connectivity index (χ2n) is 7.04. The number of aromatic amines is 1. The molecule has 0 bridgehead atoms. The maximum atomic E-state index is 12.5. The fourth-order valence-electron chi connectivity index (χ4n) is 3.27. The van der Waals surface area contributed by atoms with Crippen LogP contribution in [0.5, 0.6) is 0 Å². The number of aromatic nitrogens is 1. The van der Waals surface area contributed by atoms with E-state index in [1.54, 1.807) is 6.07 Å². The van der Waals surface area contributed by atoms with Crippen molar-refractivity contribution in [2.24, 2.45) is 11.7 Å². The van der Waals surface area contributed by atoms with Crippen LogP contribution in [0.3, 0.4) is 0 Å². The van der Waals surface area contributed by atoms with Crippen molar-refractivity contribution in [2.75, 3.05) is 6.54 Å². The lowest BCUT2D eigenvalue weighted by Crippen LogP contribution is -2.53. The first-order chi connectivity index (χ1) is 10.3. The number of hydrogen-bond acceptors (Lipinski definition) is 3. The third-order valence-corrected chi connectivity index (χ3v) is 4.31. The number of rotatable bonds is 5. The molecule has 1 aromatic heterocycles. The Bertz CT molecular complexity index is 606. The summed E-state index contributed by atoms with van der Waals surface area (Å²) in [6.45, 7) is 6.45. The highest BCUT2D eigenvalue weighted by molar-refractivity contribution is 5.94. The van der Waals surface area contributed by atoms with Crippen LogP contribution in [-0.4, -0.2) is 23.0 Å². The van der Waals surface area contributed by atoms with E-state index in [0.717, 1.165) is 43.4 Å². The van der Waals surface area contributed by atoms with E-state index in [0.29, 0.717) is 12.5 Å². The summed E-state index contributed by atoms with van der Waals surface area (Å²) in [5, 5.41) is 2.95. The maximum Gasteiger partial charge on any atom is 0.261 e. The number of aryl methyl sites for hydroxylation is 2. The van der Waals surface area contributed by atoms with Crippen LogP contribution in [0.1, 0.15) is 61.6 Å². The van der Waals surface area contributed by atoms with Crippen molar-refractivity contribution in [1.82, 2.24) is 10.3 Å². The topological polar surface area (TPSA) is 88.0 Å². The first kappa shape index (κ1) is 16.7. The number of H-pyrrole nitrogens is 1. The first-order valence-electron chi connectivity index (χ1n) is 8.12. The second kappa shape index (κ2) is 6.65. The monoisotopic (exact) mass is 305 g/mol. The van der Waals surface area contributed by atoms with Gasteiger partial charge < -0.3 is 16.0 Å². The van der Waals surface area contributed by atoms with E-state index in [1.165, 1.54) is 0 Å². The van der Waals surface area contributed by atoms with Crippen LogP contribution in [0.15, 0.2) is 10.9 Å². The molecule has 0 spiro atoms. The lowest BCUT2D eigenvalue weighted by atomic mass is 9.90. The van der Waals surface area contributed by atoms with Gasteiger partial charge in [0.25, 0.3) is 11.5 Å². The van der Waals surface area contributed by atoms with Crippen LogP contribution in [0.2, 0.25) is 0 Å². The largest absolute Gasteiger partial charge is 0.345 e. The van der Waals surface area contributed by atoms with Gasteiger partial charge in [0.1, 0.15) is 5.56 Å². The maximum absolute atomic E-state index is 12.5. The van der Waals surface area contributed by atoms with Crippen LogP contribution < -0.4 is 16.6 Å². The molecule has 22 heavy (non-hydrogen) atoms. The summed E-state index contributed by atoms with van der Waals surface area (Å²) in [5.41, 5.74) is 7.31. The Morgan fingerprint density at radius 3 is 2.73 bits per heavy atom. The summed E-state index contributed by atoms with van der Waals surface area (Å²) < 4.78 is 0. The van der Waals surface area contributed by atoms with E-state index in [-0.39, 0.29) is 17.0 Å². The molecule has 4 N–H and O–H groups in total. The van der Waals surface area contributed by atoms with Crippen molar-refractivity contribution in [2.45, 2.75) is 58.4 Å².